The number of nitrogens with one attached hydrogen (secondary N) is 2. The molecule has 0 bridgehead atoms. The summed E-state index contributed by atoms with van der Waals surface area (Å²) in [6.07, 6.45) is 4.74. The van der Waals surface area contributed by atoms with E-state index >= 15 is 0 Å². The van der Waals surface area contributed by atoms with Crippen LogP contribution in [0, 0.1) is 11.8 Å². The molecular weight excluding hydrogens is 220 g/mol. The second kappa shape index (κ2) is 6.47. The van der Waals surface area contributed by atoms with E-state index in [9.17, 15) is 9.59 Å². The maximum absolute atomic E-state index is 11.4. The van der Waals surface area contributed by atoms with E-state index in [0.29, 0.717) is 12.5 Å². The van der Waals surface area contributed by atoms with Crippen LogP contribution in [0.3, 0.4) is 0 Å². The lowest BCUT2D eigenvalue weighted by Gasteiger charge is -2.26. The summed E-state index contributed by atoms with van der Waals surface area (Å²) in [5, 5.41) is 13.8. The highest BCUT2D eigenvalue weighted by Gasteiger charge is 2.19. The minimum absolute atomic E-state index is 0.390. The molecule has 1 aliphatic carbocycles. The minimum atomic E-state index is -1.02. The van der Waals surface area contributed by atoms with Crippen molar-refractivity contribution in [3.05, 3.63) is 0 Å². The predicted octanol–water partition coefficient (Wildman–Crippen LogP) is 1.58. The molecule has 0 radical (unpaired) electrons. The Morgan fingerprint density at radius 3 is 2.41 bits per heavy atom. The van der Waals surface area contributed by atoms with E-state index in [0.717, 1.165) is 18.8 Å². The maximum Gasteiger partial charge on any atom is 0.325 e. The zero-order chi connectivity index (χ0) is 12.8. The molecule has 5 nitrogen and oxygen atoms in total. The van der Waals surface area contributed by atoms with Gasteiger partial charge in [0.05, 0.1) is 0 Å². The van der Waals surface area contributed by atoms with Gasteiger partial charge in [-0.05, 0) is 31.6 Å². The van der Waals surface area contributed by atoms with Gasteiger partial charge in [-0.2, -0.15) is 0 Å². The molecule has 2 amide bonds. The first-order valence-electron chi connectivity index (χ1n) is 6.26. The van der Waals surface area contributed by atoms with Crippen LogP contribution in [0.15, 0.2) is 0 Å². The Kier molecular flexibility index (Phi) is 5.25. The van der Waals surface area contributed by atoms with E-state index < -0.39 is 18.0 Å². The number of amides is 2. The van der Waals surface area contributed by atoms with E-state index in [-0.39, 0.29) is 0 Å². The van der Waals surface area contributed by atoms with Crippen molar-refractivity contribution in [3.8, 4) is 0 Å². The summed E-state index contributed by atoms with van der Waals surface area (Å²) < 4.78 is 0. The molecule has 0 aromatic carbocycles. The Morgan fingerprint density at radius 1 is 1.29 bits per heavy atom. The highest BCUT2D eigenvalue weighted by atomic mass is 16.4. The molecule has 0 aliphatic heterocycles. The second-order valence-electron chi connectivity index (χ2n) is 5.04. The van der Waals surface area contributed by atoms with Gasteiger partial charge in [0, 0.05) is 6.54 Å². The molecule has 0 saturated heterocycles. The van der Waals surface area contributed by atoms with E-state index in [1.54, 1.807) is 0 Å². The summed E-state index contributed by atoms with van der Waals surface area (Å²) in [6.45, 7) is 4.35. The third-order valence-electron chi connectivity index (χ3n) is 3.40. The van der Waals surface area contributed by atoms with Gasteiger partial charge in [0.1, 0.15) is 6.04 Å². The Morgan fingerprint density at radius 2 is 1.88 bits per heavy atom. The smallest absolute Gasteiger partial charge is 0.325 e. The monoisotopic (exact) mass is 242 g/mol. The zero-order valence-electron chi connectivity index (χ0n) is 10.5. The first-order chi connectivity index (χ1) is 7.99. The van der Waals surface area contributed by atoms with Crippen LogP contribution in [0.1, 0.15) is 39.5 Å². The normalized spacial score (nSPS) is 26.0. The molecule has 1 rings (SSSR count). The fraction of sp³-hybridized carbons (Fsp3) is 0.833. The molecule has 1 unspecified atom stereocenters. The molecule has 17 heavy (non-hydrogen) atoms. The third-order valence-corrected chi connectivity index (χ3v) is 3.40. The zero-order valence-corrected chi connectivity index (χ0v) is 10.5. The number of carbonyl (C=O) groups is 2. The van der Waals surface area contributed by atoms with Crippen LogP contribution >= 0.6 is 0 Å². The van der Waals surface area contributed by atoms with Crippen LogP contribution in [-0.4, -0.2) is 29.7 Å². The highest BCUT2D eigenvalue weighted by molar-refractivity contribution is 5.82. The summed E-state index contributed by atoms with van der Waals surface area (Å²) >= 11 is 0. The van der Waals surface area contributed by atoms with Gasteiger partial charge < -0.3 is 15.7 Å². The first-order valence-corrected chi connectivity index (χ1v) is 6.26. The van der Waals surface area contributed by atoms with Crippen LogP contribution in [0.4, 0.5) is 4.79 Å². The van der Waals surface area contributed by atoms with Crippen LogP contribution in [0.5, 0.6) is 0 Å². The van der Waals surface area contributed by atoms with Gasteiger partial charge in [0.15, 0.2) is 0 Å². The molecule has 5 heteroatoms. The fourth-order valence-corrected chi connectivity index (χ4v) is 2.08. The Balaban J connectivity index is 2.17. The number of carboxylic acids is 1. The number of carboxylic acid groups (broad SMARTS) is 1. The first kappa shape index (κ1) is 13.8. The predicted molar refractivity (Wildman–Crippen MR) is 64.8 cm³/mol. The number of hydrogen-bond acceptors (Lipinski definition) is 2. The van der Waals surface area contributed by atoms with E-state index in [1.165, 1.54) is 19.8 Å². The van der Waals surface area contributed by atoms with Crippen molar-refractivity contribution in [1.82, 2.24) is 10.6 Å². The molecule has 1 saturated carbocycles. The topological polar surface area (TPSA) is 78.4 Å². The summed E-state index contributed by atoms with van der Waals surface area (Å²) in [6, 6.07) is -1.24. The van der Waals surface area contributed by atoms with Crippen LogP contribution in [0.2, 0.25) is 0 Å². The van der Waals surface area contributed by atoms with Crippen molar-refractivity contribution < 1.29 is 14.7 Å². The average Bonchev–Trinajstić information content (AvgIpc) is 2.28. The second-order valence-corrected chi connectivity index (χ2v) is 5.04. The summed E-state index contributed by atoms with van der Waals surface area (Å²) in [4.78, 5) is 21.9. The molecule has 0 aromatic rings. The van der Waals surface area contributed by atoms with Crippen molar-refractivity contribution in [3.63, 3.8) is 0 Å². The summed E-state index contributed by atoms with van der Waals surface area (Å²) in [7, 11) is 0. The SMILES string of the molecule is CC1CCC(CNC(=O)NC(C)C(=O)O)CC1. The standard InChI is InChI=1S/C12H22N2O3/c1-8-3-5-10(6-4-8)7-13-12(17)14-9(2)11(15)16/h8-10H,3-7H2,1-2H3,(H,15,16)(H2,13,14,17). The average molecular weight is 242 g/mol. The largest absolute Gasteiger partial charge is 0.480 e. The lowest BCUT2D eigenvalue weighted by Crippen LogP contribution is -2.45. The number of urea groups is 1. The molecule has 0 heterocycles. The maximum atomic E-state index is 11.4. The van der Waals surface area contributed by atoms with E-state index in [1.807, 2.05) is 0 Å². The molecule has 1 atom stereocenters. The van der Waals surface area contributed by atoms with Crippen molar-refractivity contribution in [2.45, 2.75) is 45.6 Å². The number of hydrogen-bond donors (Lipinski definition) is 3. The van der Waals surface area contributed by atoms with Gasteiger partial charge in [-0.25, -0.2) is 4.79 Å². The number of carbonyl (C=O) groups excluding carboxylic acids is 1. The number of aliphatic carboxylic acids is 1. The van der Waals surface area contributed by atoms with Gasteiger partial charge in [-0.15, -0.1) is 0 Å². The molecule has 0 spiro atoms. The summed E-state index contributed by atoms with van der Waals surface area (Å²) in [5.74, 6) is 0.316. The molecular formula is C12H22N2O3. The van der Waals surface area contributed by atoms with Gasteiger partial charge in [0.2, 0.25) is 0 Å². The van der Waals surface area contributed by atoms with Crippen molar-refractivity contribution in [1.29, 1.82) is 0 Å². The van der Waals surface area contributed by atoms with Crippen LogP contribution < -0.4 is 10.6 Å². The van der Waals surface area contributed by atoms with Gasteiger partial charge >= 0.3 is 12.0 Å². The van der Waals surface area contributed by atoms with Crippen LogP contribution in [-0.2, 0) is 4.79 Å². The van der Waals surface area contributed by atoms with Crippen molar-refractivity contribution in [2.75, 3.05) is 6.54 Å². The quantitative estimate of drug-likeness (QED) is 0.700. The Labute approximate surface area is 102 Å². The molecule has 0 aromatic heterocycles. The lowest BCUT2D eigenvalue weighted by molar-refractivity contribution is -0.138. The van der Waals surface area contributed by atoms with Gasteiger partial charge in [0.25, 0.3) is 0 Å². The van der Waals surface area contributed by atoms with Gasteiger partial charge in [-0.3, -0.25) is 4.79 Å². The molecule has 98 valence electrons. The van der Waals surface area contributed by atoms with Crippen molar-refractivity contribution in [2.24, 2.45) is 11.8 Å². The minimum Gasteiger partial charge on any atom is -0.480 e. The Bertz CT molecular complexity index is 273. The van der Waals surface area contributed by atoms with Gasteiger partial charge in [-0.1, -0.05) is 19.8 Å². The fourth-order valence-electron chi connectivity index (χ4n) is 2.08. The number of rotatable bonds is 4. The third kappa shape index (κ3) is 5.06. The van der Waals surface area contributed by atoms with E-state index in [4.69, 9.17) is 5.11 Å². The molecule has 1 fully saturated rings. The van der Waals surface area contributed by atoms with E-state index in [2.05, 4.69) is 17.6 Å². The highest BCUT2D eigenvalue weighted by Crippen LogP contribution is 2.27. The Hall–Kier alpha value is -1.26. The molecule has 3 N–H and O–H groups in total. The van der Waals surface area contributed by atoms with Crippen molar-refractivity contribution >= 4 is 12.0 Å². The molecule has 1 aliphatic rings. The summed E-state index contributed by atoms with van der Waals surface area (Å²) in [5.41, 5.74) is 0. The lowest BCUT2D eigenvalue weighted by atomic mass is 9.83. The van der Waals surface area contributed by atoms with Crippen LogP contribution in [0.25, 0.3) is 0 Å².